The van der Waals surface area contributed by atoms with Gasteiger partial charge in [0.1, 0.15) is 5.76 Å². The van der Waals surface area contributed by atoms with Gasteiger partial charge in [-0.3, -0.25) is 4.79 Å². The second-order valence-electron chi connectivity index (χ2n) is 6.93. The second-order valence-corrected chi connectivity index (χ2v) is 6.93. The lowest BCUT2D eigenvalue weighted by atomic mass is 10.1. The predicted molar refractivity (Wildman–Crippen MR) is 97.8 cm³/mol. The average Bonchev–Trinajstić information content (AvgIpc) is 3.17. The molecule has 0 saturated heterocycles. The fraction of sp³-hybridized carbons (Fsp3) is 0.450. The Hall–Kier alpha value is -2.27. The molecule has 0 aliphatic carbocycles. The number of fused-ring (bicyclic) bond motifs is 1. The summed E-state index contributed by atoms with van der Waals surface area (Å²) in [5, 5.41) is 9.42. The Morgan fingerprint density at radius 1 is 1.40 bits per heavy atom. The molecule has 5 heteroatoms. The van der Waals surface area contributed by atoms with Crippen LogP contribution in [0.2, 0.25) is 0 Å². The van der Waals surface area contributed by atoms with E-state index < -0.39 is 6.10 Å². The third-order valence-corrected chi connectivity index (χ3v) is 4.87. The van der Waals surface area contributed by atoms with Gasteiger partial charge in [-0.05, 0) is 44.4 Å². The van der Waals surface area contributed by atoms with Crippen LogP contribution in [0.4, 0.5) is 5.69 Å². The van der Waals surface area contributed by atoms with Crippen LogP contribution in [0.15, 0.2) is 41.0 Å². The van der Waals surface area contributed by atoms with Crippen LogP contribution in [-0.4, -0.2) is 41.7 Å². The Bertz CT molecular complexity index is 738. The fourth-order valence-corrected chi connectivity index (χ4v) is 3.37. The monoisotopic (exact) mass is 342 g/mol. The Morgan fingerprint density at radius 3 is 2.92 bits per heavy atom. The summed E-state index contributed by atoms with van der Waals surface area (Å²) in [4.78, 5) is 16.6. The van der Waals surface area contributed by atoms with E-state index in [1.54, 1.807) is 31.2 Å². The average molecular weight is 342 g/mol. The van der Waals surface area contributed by atoms with Gasteiger partial charge in [0.25, 0.3) is 5.91 Å². The molecular formula is C20H26N2O3. The van der Waals surface area contributed by atoms with Gasteiger partial charge in [-0.15, -0.1) is 0 Å². The summed E-state index contributed by atoms with van der Waals surface area (Å²) in [6.07, 6.45) is 2.74. The summed E-state index contributed by atoms with van der Waals surface area (Å²) >= 11 is 0. The largest absolute Gasteiger partial charge is 0.467 e. The van der Waals surface area contributed by atoms with Crippen molar-refractivity contribution in [2.24, 2.45) is 0 Å². The Balaban J connectivity index is 1.75. The summed E-state index contributed by atoms with van der Waals surface area (Å²) < 4.78 is 5.65. The normalized spacial score (nSPS) is 17.4. The molecule has 1 aromatic heterocycles. The molecule has 0 saturated carbocycles. The number of aliphatic hydroxyl groups is 1. The molecule has 1 aliphatic heterocycles. The first-order valence-corrected chi connectivity index (χ1v) is 8.81. The molecule has 25 heavy (non-hydrogen) atoms. The number of hydrogen-bond donors (Lipinski definition) is 1. The molecule has 1 N–H and O–H groups in total. The van der Waals surface area contributed by atoms with E-state index in [0.717, 1.165) is 6.42 Å². The molecule has 5 nitrogen and oxygen atoms in total. The molecule has 1 aromatic carbocycles. The summed E-state index contributed by atoms with van der Waals surface area (Å²) in [7, 11) is 1.76. The van der Waals surface area contributed by atoms with Crippen molar-refractivity contribution < 1.29 is 14.3 Å². The Labute approximate surface area is 148 Å². The maximum absolute atomic E-state index is 12.7. The summed E-state index contributed by atoms with van der Waals surface area (Å²) in [6.45, 7) is 5.02. The lowest BCUT2D eigenvalue weighted by molar-refractivity contribution is 0.0766. The minimum absolute atomic E-state index is 0.0652. The molecule has 0 fully saturated rings. The van der Waals surface area contributed by atoms with Gasteiger partial charge in [-0.25, -0.2) is 0 Å². The zero-order chi connectivity index (χ0) is 18.0. The van der Waals surface area contributed by atoms with Gasteiger partial charge in [0.15, 0.2) is 0 Å². The van der Waals surface area contributed by atoms with Crippen molar-refractivity contribution in [3.63, 3.8) is 0 Å². The molecule has 2 heterocycles. The predicted octanol–water partition coefficient (Wildman–Crippen LogP) is 3.07. The summed E-state index contributed by atoms with van der Waals surface area (Å²) in [5.41, 5.74) is 3.15. The van der Waals surface area contributed by atoms with Crippen LogP contribution in [0.5, 0.6) is 0 Å². The lowest BCUT2D eigenvalue weighted by Crippen LogP contribution is -2.32. The highest BCUT2D eigenvalue weighted by Crippen LogP contribution is 2.33. The van der Waals surface area contributed by atoms with Crippen LogP contribution in [0.1, 0.15) is 41.9 Å². The van der Waals surface area contributed by atoms with Gasteiger partial charge in [0.05, 0.1) is 24.5 Å². The molecule has 1 aliphatic rings. The number of nitrogens with zero attached hydrogens (tertiary/aromatic N) is 2. The molecular weight excluding hydrogens is 316 g/mol. The first-order chi connectivity index (χ1) is 12.0. The van der Waals surface area contributed by atoms with Gasteiger partial charge >= 0.3 is 0 Å². The number of rotatable bonds is 6. The maximum atomic E-state index is 12.7. The van der Waals surface area contributed by atoms with Gasteiger partial charge in [-0.2, -0.15) is 0 Å². The van der Waals surface area contributed by atoms with Crippen LogP contribution in [0, 0.1) is 0 Å². The topological polar surface area (TPSA) is 56.9 Å². The van der Waals surface area contributed by atoms with Crippen molar-refractivity contribution in [1.82, 2.24) is 4.90 Å². The molecule has 2 unspecified atom stereocenters. The highest BCUT2D eigenvalue weighted by molar-refractivity contribution is 5.95. The fourth-order valence-electron chi connectivity index (χ4n) is 3.37. The van der Waals surface area contributed by atoms with Crippen molar-refractivity contribution in [2.75, 3.05) is 18.5 Å². The smallest absolute Gasteiger partial charge is 0.257 e. The van der Waals surface area contributed by atoms with E-state index in [-0.39, 0.29) is 5.91 Å². The second kappa shape index (κ2) is 7.31. The van der Waals surface area contributed by atoms with Crippen LogP contribution in [0.3, 0.4) is 0 Å². The van der Waals surface area contributed by atoms with Crippen molar-refractivity contribution in [3.8, 4) is 0 Å². The number of carbonyl (C=O) groups excluding carboxylic acids is 1. The number of amides is 1. The van der Waals surface area contributed by atoms with Gasteiger partial charge < -0.3 is 19.3 Å². The van der Waals surface area contributed by atoms with Gasteiger partial charge in [0.2, 0.25) is 0 Å². The van der Waals surface area contributed by atoms with Crippen LogP contribution >= 0.6 is 0 Å². The van der Waals surface area contributed by atoms with Crippen molar-refractivity contribution in [2.45, 2.75) is 45.4 Å². The molecule has 3 rings (SSSR count). The SMILES string of the molecule is CC(O)CCN(C)C(=O)c1ccoc1CN1c2ccccc2CC1C. The first kappa shape index (κ1) is 17.5. The molecule has 0 spiro atoms. The lowest BCUT2D eigenvalue weighted by Gasteiger charge is -2.25. The number of anilines is 1. The number of furan rings is 1. The third-order valence-electron chi connectivity index (χ3n) is 4.87. The number of benzene rings is 1. The van der Waals surface area contributed by atoms with E-state index in [1.165, 1.54) is 11.3 Å². The van der Waals surface area contributed by atoms with Crippen molar-refractivity contribution in [1.29, 1.82) is 0 Å². The van der Waals surface area contributed by atoms with E-state index in [2.05, 4.69) is 30.0 Å². The van der Waals surface area contributed by atoms with E-state index in [1.807, 2.05) is 6.07 Å². The number of aliphatic hydroxyl groups excluding tert-OH is 1. The number of carbonyl (C=O) groups is 1. The number of para-hydroxylation sites is 1. The highest BCUT2D eigenvalue weighted by atomic mass is 16.3. The zero-order valence-corrected chi connectivity index (χ0v) is 15.1. The standard InChI is InChI=1S/C20H26N2O3/c1-14-12-16-6-4-5-7-18(16)22(14)13-19-17(9-11-25-19)20(24)21(3)10-8-15(2)23/h4-7,9,11,14-15,23H,8,10,12-13H2,1-3H3. The summed E-state index contributed by atoms with van der Waals surface area (Å²) in [5.74, 6) is 0.627. The minimum atomic E-state index is -0.416. The van der Waals surface area contributed by atoms with E-state index >= 15 is 0 Å². The Morgan fingerprint density at radius 2 is 2.16 bits per heavy atom. The quantitative estimate of drug-likeness (QED) is 0.876. The van der Waals surface area contributed by atoms with Gasteiger partial charge in [-0.1, -0.05) is 18.2 Å². The van der Waals surface area contributed by atoms with Crippen molar-refractivity contribution in [3.05, 3.63) is 53.5 Å². The molecule has 0 radical (unpaired) electrons. The zero-order valence-electron chi connectivity index (χ0n) is 15.1. The highest BCUT2D eigenvalue weighted by Gasteiger charge is 2.28. The van der Waals surface area contributed by atoms with Crippen molar-refractivity contribution >= 4 is 11.6 Å². The molecule has 0 bridgehead atoms. The summed E-state index contributed by atoms with van der Waals surface area (Å²) in [6, 6.07) is 10.5. The van der Waals surface area contributed by atoms with E-state index in [4.69, 9.17) is 4.42 Å². The molecule has 134 valence electrons. The minimum Gasteiger partial charge on any atom is -0.467 e. The van der Waals surface area contributed by atoms with E-state index in [0.29, 0.717) is 36.9 Å². The van der Waals surface area contributed by atoms with Crippen LogP contribution in [0.25, 0.3) is 0 Å². The first-order valence-electron chi connectivity index (χ1n) is 8.81. The van der Waals surface area contributed by atoms with Crippen LogP contribution < -0.4 is 4.90 Å². The van der Waals surface area contributed by atoms with E-state index in [9.17, 15) is 9.90 Å². The molecule has 2 atom stereocenters. The van der Waals surface area contributed by atoms with Gasteiger partial charge in [0, 0.05) is 25.3 Å². The molecule has 2 aromatic rings. The Kier molecular flexibility index (Phi) is 5.13. The van der Waals surface area contributed by atoms with Crippen LogP contribution in [-0.2, 0) is 13.0 Å². The third kappa shape index (κ3) is 3.71. The molecule has 1 amide bonds. The number of hydrogen-bond acceptors (Lipinski definition) is 4. The maximum Gasteiger partial charge on any atom is 0.257 e.